The number of methoxy groups -OCH3 is 1. The molecular weight excluding hydrogens is 270 g/mol. The summed E-state index contributed by atoms with van der Waals surface area (Å²) in [6.45, 7) is 1.17. The summed E-state index contributed by atoms with van der Waals surface area (Å²) in [5, 5.41) is 17.8. The zero-order valence-corrected chi connectivity index (χ0v) is 12.1. The minimum atomic E-state index is -0.0928. The Balaban J connectivity index is 1.80. The first-order valence-corrected chi connectivity index (χ1v) is 7.14. The number of hydrogen-bond acceptors (Lipinski definition) is 5. The zero-order chi connectivity index (χ0) is 14.7. The molecular formula is C15H19N3O3. The normalized spacial score (nSPS) is 13.8. The van der Waals surface area contributed by atoms with Crippen molar-refractivity contribution in [3.05, 3.63) is 35.4 Å². The summed E-state index contributed by atoms with van der Waals surface area (Å²) >= 11 is 0. The predicted octanol–water partition coefficient (Wildman–Crippen LogP) is 1.69. The van der Waals surface area contributed by atoms with Gasteiger partial charge >= 0.3 is 0 Å². The monoisotopic (exact) mass is 289 g/mol. The third kappa shape index (κ3) is 2.71. The molecule has 0 aliphatic carbocycles. The molecule has 0 amide bonds. The lowest BCUT2D eigenvalue weighted by Gasteiger charge is -2.16. The molecule has 1 N–H and O–H groups in total. The van der Waals surface area contributed by atoms with Crippen LogP contribution >= 0.6 is 0 Å². The average Bonchev–Trinajstić information content (AvgIpc) is 2.95. The smallest absolute Gasteiger partial charge is 0.171 e. The number of nitrogens with zero attached hydrogens (tertiary/aromatic N) is 3. The molecule has 1 aromatic heterocycles. The van der Waals surface area contributed by atoms with Crippen LogP contribution in [0, 0.1) is 0 Å². The van der Waals surface area contributed by atoms with Gasteiger partial charge in [0.2, 0.25) is 0 Å². The van der Waals surface area contributed by atoms with E-state index in [1.807, 2.05) is 18.2 Å². The molecule has 1 aromatic carbocycles. The van der Waals surface area contributed by atoms with E-state index in [0.717, 1.165) is 31.0 Å². The van der Waals surface area contributed by atoms with Crippen molar-refractivity contribution in [2.24, 2.45) is 0 Å². The van der Waals surface area contributed by atoms with Crippen molar-refractivity contribution in [1.29, 1.82) is 0 Å². The molecule has 1 aliphatic heterocycles. The van der Waals surface area contributed by atoms with Crippen LogP contribution in [0.4, 0.5) is 0 Å². The molecule has 2 heterocycles. The Labute approximate surface area is 123 Å². The maximum Gasteiger partial charge on any atom is 0.171 e. The number of aliphatic hydroxyl groups is 1. The quantitative estimate of drug-likeness (QED) is 0.907. The van der Waals surface area contributed by atoms with E-state index in [2.05, 4.69) is 14.8 Å². The molecule has 0 radical (unpaired) electrons. The van der Waals surface area contributed by atoms with Gasteiger partial charge in [0, 0.05) is 18.5 Å². The fourth-order valence-corrected chi connectivity index (χ4v) is 2.62. The molecule has 0 saturated heterocycles. The molecule has 2 aromatic rings. The Morgan fingerprint density at radius 2 is 2.19 bits per heavy atom. The number of aryl methyl sites for hydroxylation is 1. The van der Waals surface area contributed by atoms with Gasteiger partial charge in [0.1, 0.15) is 12.4 Å². The second-order valence-electron chi connectivity index (χ2n) is 5.04. The van der Waals surface area contributed by atoms with E-state index in [1.165, 1.54) is 6.42 Å². The third-order valence-electron chi connectivity index (χ3n) is 3.73. The second-order valence-corrected chi connectivity index (χ2v) is 5.04. The van der Waals surface area contributed by atoms with E-state index >= 15 is 0 Å². The minimum Gasteiger partial charge on any atom is -0.493 e. The topological polar surface area (TPSA) is 69.4 Å². The van der Waals surface area contributed by atoms with Crippen molar-refractivity contribution in [2.45, 2.75) is 39.0 Å². The summed E-state index contributed by atoms with van der Waals surface area (Å²) in [5.74, 6) is 3.03. The third-order valence-corrected chi connectivity index (χ3v) is 3.73. The van der Waals surface area contributed by atoms with Crippen molar-refractivity contribution in [2.75, 3.05) is 7.11 Å². The minimum absolute atomic E-state index is 0.0928. The maximum absolute atomic E-state index is 9.42. The number of aliphatic hydroxyl groups excluding tert-OH is 1. The highest BCUT2D eigenvalue weighted by Gasteiger charge is 2.17. The van der Waals surface area contributed by atoms with Crippen LogP contribution in [-0.4, -0.2) is 27.0 Å². The molecule has 1 aliphatic rings. The van der Waals surface area contributed by atoms with Crippen molar-refractivity contribution in [1.82, 2.24) is 14.8 Å². The maximum atomic E-state index is 9.42. The van der Waals surface area contributed by atoms with Crippen LogP contribution < -0.4 is 9.47 Å². The number of aromatic nitrogens is 3. The van der Waals surface area contributed by atoms with Crippen LogP contribution in [0.5, 0.6) is 11.5 Å². The highest BCUT2D eigenvalue weighted by molar-refractivity contribution is 5.46. The van der Waals surface area contributed by atoms with Gasteiger partial charge in [-0.1, -0.05) is 12.1 Å². The first-order chi connectivity index (χ1) is 10.3. The number of hydrogen-bond donors (Lipinski definition) is 1. The van der Waals surface area contributed by atoms with Crippen LogP contribution in [0.15, 0.2) is 18.2 Å². The molecule has 6 nitrogen and oxygen atoms in total. The number of para-hydroxylation sites is 1. The molecule has 0 saturated carbocycles. The molecule has 0 spiro atoms. The van der Waals surface area contributed by atoms with Gasteiger partial charge in [-0.3, -0.25) is 0 Å². The van der Waals surface area contributed by atoms with Gasteiger partial charge in [-0.2, -0.15) is 0 Å². The van der Waals surface area contributed by atoms with Crippen LogP contribution in [0.1, 0.15) is 30.1 Å². The summed E-state index contributed by atoms with van der Waals surface area (Å²) in [5.41, 5.74) is 0.702. The first kappa shape index (κ1) is 13.9. The van der Waals surface area contributed by atoms with Crippen LogP contribution in [-0.2, 0) is 26.2 Å². The second kappa shape index (κ2) is 6.13. The highest BCUT2D eigenvalue weighted by Crippen LogP contribution is 2.31. The fourth-order valence-electron chi connectivity index (χ4n) is 2.62. The Bertz CT molecular complexity index is 602. The van der Waals surface area contributed by atoms with Crippen molar-refractivity contribution in [3.63, 3.8) is 0 Å². The van der Waals surface area contributed by atoms with Crippen molar-refractivity contribution in [3.8, 4) is 11.5 Å². The van der Waals surface area contributed by atoms with Gasteiger partial charge in [0.15, 0.2) is 17.3 Å². The molecule has 112 valence electrons. The van der Waals surface area contributed by atoms with Gasteiger partial charge in [0.25, 0.3) is 0 Å². The first-order valence-electron chi connectivity index (χ1n) is 7.14. The summed E-state index contributed by atoms with van der Waals surface area (Å²) < 4.78 is 13.3. The molecule has 0 bridgehead atoms. The molecule has 3 rings (SSSR count). The number of benzene rings is 1. The Morgan fingerprint density at radius 1 is 1.29 bits per heavy atom. The van der Waals surface area contributed by atoms with Gasteiger partial charge in [-0.05, 0) is 18.9 Å². The largest absolute Gasteiger partial charge is 0.493 e. The lowest BCUT2D eigenvalue weighted by atomic mass is 10.2. The Kier molecular flexibility index (Phi) is 4.06. The predicted molar refractivity (Wildman–Crippen MR) is 76.2 cm³/mol. The van der Waals surface area contributed by atoms with Gasteiger partial charge in [-0.15, -0.1) is 10.2 Å². The molecule has 6 heteroatoms. The van der Waals surface area contributed by atoms with E-state index in [9.17, 15) is 5.11 Å². The SMILES string of the molecule is COc1cccc(CO)c1OCc1nnc2n1CCCC2. The van der Waals surface area contributed by atoms with Crippen LogP contribution in [0.2, 0.25) is 0 Å². The summed E-state index contributed by atoms with van der Waals surface area (Å²) in [7, 11) is 1.59. The summed E-state index contributed by atoms with van der Waals surface area (Å²) in [4.78, 5) is 0. The summed E-state index contributed by atoms with van der Waals surface area (Å²) in [6, 6.07) is 5.46. The van der Waals surface area contributed by atoms with E-state index in [1.54, 1.807) is 7.11 Å². The molecule has 0 atom stereocenters. The Morgan fingerprint density at radius 3 is 3.00 bits per heavy atom. The fraction of sp³-hybridized carbons (Fsp3) is 0.467. The molecule has 0 fully saturated rings. The lowest BCUT2D eigenvalue weighted by Crippen LogP contribution is -2.14. The van der Waals surface area contributed by atoms with E-state index in [-0.39, 0.29) is 6.61 Å². The van der Waals surface area contributed by atoms with Crippen molar-refractivity contribution < 1.29 is 14.6 Å². The van der Waals surface area contributed by atoms with Crippen LogP contribution in [0.25, 0.3) is 0 Å². The lowest BCUT2D eigenvalue weighted by molar-refractivity contribution is 0.242. The van der Waals surface area contributed by atoms with E-state index < -0.39 is 0 Å². The highest BCUT2D eigenvalue weighted by atomic mass is 16.5. The number of rotatable bonds is 5. The van der Waals surface area contributed by atoms with Crippen LogP contribution in [0.3, 0.4) is 0 Å². The standard InChI is InChI=1S/C15H19N3O3/c1-20-12-6-4-5-11(9-19)15(12)21-10-14-17-16-13-7-2-3-8-18(13)14/h4-6,19H,2-3,7-10H2,1H3. The Hall–Kier alpha value is -2.08. The van der Waals surface area contributed by atoms with E-state index in [4.69, 9.17) is 9.47 Å². The number of ether oxygens (including phenoxy) is 2. The van der Waals surface area contributed by atoms with Crippen molar-refractivity contribution >= 4 is 0 Å². The molecule has 21 heavy (non-hydrogen) atoms. The van der Waals surface area contributed by atoms with Gasteiger partial charge < -0.3 is 19.1 Å². The van der Waals surface area contributed by atoms with E-state index in [0.29, 0.717) is 23.7 Å². The number of fused-ring (bicyclic) bond motifs is 1. The van der Waals surface area contributed by atoms with Gasteiger partial charge in [0.05, 0.1) is 13.7 Å². The summed E-state index contributed by atoms with van der Waals surface area (Å²) in [6.07, 6.45) is 3.29. The average molecular weight is 289 g/mol. The van der Waals surface area contributed by atoms with Gasteiger partial charge in [-0.25, -0.2) is 0 Å². The zero-order valence-electron chi connectivity index (χ0n) is 12.1. The molecule has 0 unspecified atom stereocenters.